The van der Waals surface area contributed by atoms with E-state index in [2.05, 4.69) is 63.9 Å². The van der Waals surface area contributed by atoms with Crippen LogP contribution >= 0.6 is 22.7 Å². The van der Waals surface area contributed by atoms with Crippen molar-refractivity contribution in [3.63, 3.8) is 0 Å². The summed E-state index contributed by atoms with van der Waals surface area (Å²) in [5, 5.41) is 9.59. The van der Waals surface area contributed by atoms with Crippen LogP contribution in [-0.4, -0.2) is 50.9 Å². The van der Waals surface area contributed by atoms with Gasteiger partial charge in [0.15, 0.2) is 0 Å². The highest BCUT2D eigenvalue weighted by atomic mass is 32.1. The summed E-state index contributed by atoms with van der Waals surface area (Å²) in [5.41, 5.74) is 2.20. The van der Waals surface area contributed by atoms with Gasteiger partial charge in [-0.05, 0) is 69.9 Å². The first-order valence-corrected chi connectivity index (χ1v) is 13.5. The van der Waals surface area contributed by atoms with Crippen LogP contribution in [0.3, 0.4) is 0 Å². The molecule has 182 valence electrons. The Balaban J connectivity index is 1.28. The number of rotatable bonds is 3. The Morgan fingerprint density at radius 3 is 2.54 bits per heavy atom. The van der Waals surface area contributed by atoms with Gasteiger partial charge in [-0.3, -0.25) is 4.90 Å². The zero-order valence-electron chi connectivity index (χ0n) is 20.4. The predicted octanol–water partition coefficient (Wildman–Crippen LogP) is 5.87. The van der Waals surface area contributed by atoms with Crippen molar-refractivity contribution in [1.82, 2.24) is 14.9 Å². The summed E-state index contributed by atoms with van der Waals surface area (Å²) in [4.78, 5) is 22.5. The molecule has 2 aliphatic heterocycles. The van der Waals surface area contributed by atoms with Crippen molar-refractivity contribution in [3.05, 3.63) is 36.2 Å². The zero-order valence-corrected chi connectivity index (χ0v) is 22.0. The fourth-order valence-electron chi connectivity index (χ4n) is 4.93. The maximum Gasteiger partial charge on any atom is 0.505 e. The summed E-state index contributed by atoms with van der Waals surface area (Å²) < 4.78 is 16.0. The number of aromatic amines is 1. The summed E-state index contributed by atoms with van der Waals surface area (Å²) in [5.74, 6) is 1.05. The van der Waals surface area contributed by atoms with Gasteiger partial charge in [-0.2, -0.15) is 0 Å². The van der Waals surface area contributed by atoms with Crippen LogP contribution < -0.4 is 4.78 Å². The molecule has 0 radical (unpaired) electrons. The Hall–Kier alpha value is -2.40. The van der Waals surface area contributed by atoms with Gasteiger partial charge in [-0.15, -0.1) is 22.7 Å². The second-order valence-corrected chi connectivity index (χ2v) is 12.9. The molecule has 2 N–H and O–H groups in total. The van der Waals surface area contributed by atoms with E-state index in [0.29, 0.717) is 12.5 Å². The van der Waals surface area contributed by atoms with Crippen LogP contribution in [0.1, 0.15) is 52.9 Å². The third-order valence-corrected chi connectivity index (χ3v) is 9.93. The van der Waals surface area contributed by atoms with E-state index in [9.17, 15) is 9.90 Å². The summed E-state index contributed by atoms with van der Waals surface area (Å²) in [6.45, 7) is 10.9. The van der Waals surface area contributed by atoms with E-state index in [0.717, 1.165) is 33.6 Å². The van der Waals surface area contributed by atoms with Crippen molar-refractivity contribution in [1.29, 1.82) is 0 Å². The molecule has 1 amide bonds. The molecule has 10 heteroatoms. The van der Waals surface area contributed by atoms with E-state index in [4.69, 9.17) is 14.3 Å². The molecule has 6 rings (SSSR count). The number of hydrogen-bond acceptors (Lipinski definition) is 6. The number of aromatic nitrogens is 2. The first-order valence-electron chi connectivity index (χ1n) is 11.9. The summed E-state index contributed by atoms with van der Waals surface area (Å²) in [6.07, 6.45) is -0.107. The molecule has 4 aromatic rings. The Bertz CT molecular complexity index is 1410. The highest BCUT2D eigenvalue weighted by Gasteiger charge is 2.52. The van der Waals surface area contributed by atoms with Crippen molar-refractivity contribution in [2.45, 2.75) is 58.3 Å². The first kappa shape index (κ1) is 23.0. The molecule has 0 bridgehead atoms. The number of nitrogens with one attached hydrogen (secondary N) is 1. The maximum atomic E-state index is 11.7. The van der Waals surface area contributed by atoms with E-state index in [-0.39, 0.29) is 24.4 Å². The van der Waals surface area contributed by atoms with E-state index < -0.39 is 6.09 Å². The Labute approximate surface area is 212 Å². The van der Waals surface area contributed by atoms with Gasteiger partial charge in [0.05, 0.1) is 28.3 Å². The zero-order chi connectivity index (χ0) is 24.7. The van der Waals surface area contributed by atoms with E-state index in [1.165, 1.54) is 19.2 Å². The van der Waals surface area contributed by atoms with Gasteiger partial charge in [0.2, 0.25) is 0 Å². The number of carboxylic acid groups (broad SMARTS) is 1. The number of amides is 1. The van der Waals surface area contributed by atoms with Crippen molar-refractivity contribution in [2.24, 2.45) is 5.92 Å². The molecular weight excluding hydrogens is 481 g/mol. The molecule has 0 saturated carbocycles. The standard InChI is InChI=1S/C25H28BN3O4S2/c1-13-8-17(29(12-13)23(30)31)22-27-15-7-6-14(9-16(15)28-22)18-10-19-20(34-18)11-21(35-19)26-32-24(2,3)25(4,5)33-26/h6-7,9-11,13,17H,8,12H2,1-5H3,(H,27,28)(H,30,31). The van der Waals surface area contributed by atoms with E-state index in [1.54, 1.807) is 22.7 Å². The minimum Gasteiger partial charge on any atom is -0.465 e. The topological polar surface area (TPSA) is 87.7 Å². The minimum atomic E-state index is -0.890. The van der Waals surface area contributed by atoms with Gasteiger partial charge >= 0.3 is 13.2 Å². The maximum absolute atomic E-state index is 11.7. The third kappa shape index (κ3) is 3.78. The number of thiophene rings is 2. The number of hydrogen-bond donors (Lipinski definition) is 2. The normalized spacial score (nSPS) is 23.7. The SMILES string of the molecule is CC1CC(c2nc3ccc(-c4cc5sc(B6OC(C)(C)C(C)(C)O6)cc5s4)cc3[nH]2)N(C(=O)O)C1. The van der Waals surface area contributed by atoms with Gasteiger partial charge in [-0.1, -0.05) is 13.0 Å². The lowest BCUT2D eigenvalue weighted by Gasteiger charge is -2.32. The number of nitrogens with zero attached hydrogens (tertiary/aromatic N) is 2. The van der Waals surface area contributed by atoms with E-state index in [1.807, 2.05) is 6.07 Å². The molecule has 5 heterocycles. The summed E-state index contributed by atoms with van der Waals surface area (Å²) in [6, 6.07) is 10.4. The van der Waals surface area contributed by atoms with Crippen molar-refractivity contribution < 1.29 is 19.2 Å². The molecule has 0 spiro atoms. The molecule has 35 heavy (non-hydrogen) atoms. The molecule has 7 nitrogen and oxygen atoms in total. The third-order valence-electron chi connectivity index (χ3n) is 7.57. The van der Waals surface area contributed by atoms with Gasteiger partial charge in [0.25, 0.3) is 0 Å². The number of likely N-dealkylation sites (tertiary alicyclic amines) is 1. The van der Waals surface area contributed by atoms with Crippen molar-refractivity contribution in [2.75, 3.05) is 6.54 Å². The molecule has 1 aromatic carbocycles. The predicted molar refractivity (Wildman–Crippen MR) is 142 cm³/mol. The number of imidazole rings is 1. The number of benzene rings is 1. The van der Waals surface area contributed by atoms with Crippen molar-refractivity contribution >= 4 is 61.1 Å². The Morgan fingerprint density at radius 1 is 1.14 bits per heavy atom. The lowest BCUT2D eigenvalue weighted by atomic mass is 9.88. The first-order chi connectivity index (χ1) is 16.5. The van der Waals surface area contributed by atoms with Crippen LogP contribution in [-0.2, 0) is 9.31 Å². The molecule has 3 aromatic heterocycles. The fraction of sp³-hybridized carbons (Fsp3) is 0.440. The fourth-order valence-corrected chi connectivity index (χ4v) is 7.29. The quantitative estimate of drug-likeness (QED) is 0.338. The average Bonchev–Trinajstić information content (AvgIpc) is 3.54. The highest BCUT2D eigenvalue weighted by molar-refractivity contribution is 7.34. The number of fused-ring (bicyclic) bond motifs is 2. The highest BCUT2D eigenvalue weighted by Crippen LogP contribution is 2.41. The Kier molecular flexibility index (Phi) is 5.13. The average molecular weight is 509 g/mol. The van der Waals surface area contributed by atoms with Gasteiger partial charge in [0.1, 0.15) is 5.82 Å². The molecule has 2 unspecified atom stereocenters. The summed E-state index contributed by atoms with van der Waals surface area (Å²) in [7, 11) is -0.337. The Morgan fingerprint density at radius 2 is 1.86 bits per heavy atom. The molecule has 2 aliphatic rings. The van der Waals surface area contributed by atoms with Gasteiger partial charge < -0.3 is 19.4 Å². The van der Waals surface area contributed by atoms with Crippen LogP contribution in [0.4, 0.5) is 4.79 Å². The monoisotopic (exact) mass is 509 g/mol. The molecular formula is C25H28BN3O4S2. The lowest BCUT2D eigenvalue weighted by Crippen LogP contribution is -2.41. The van der Waals surface area contributed by atoms with Crippen LogP contribution in [0, 0.1) is 5.92 Å². The minimum absolute atomic E-state index is 0.223. The van der Waals surface area contributed by atoms with Crippen molar-refractivity contribution in [3.8, 4) is 10.4 Å². The molecule has 2 fully saturated rings. The van der Waals surface area contributed by atoms with Gasteiger partial charge in [-0.25, -0.2) is 9.78 Å². The molecule has 0 aliphatic carbocycles. The summed E-state index contributed by atoms with van der Waals surface area (Å²) >= 11 is 3.47. The molecule has 2 saturated heterocycles. The second kappa shape index (κ2) is 7.80. The van der Waals surface area contributed by atoms with Crippen LogP contribution in [0.25, 0.3) is 30.9 Å². The largest absolute Gasteiger partial charge is 0.505 e. The number of H-pyrrole nitrogens is 1. The van der Waals surface area contributed by atoms with Crippen LogP contribution in [0.2, 0.25) is 0 Å². The van der Waals surface area contributed by atoms with Crippen LogP contribution in [0.15, 0.2) is 30.3 Å². The number of carbonyl (C=O) groups is 1. The van der Waals surface area contributed by atoms with Gasteiger partial charge in [0, 0.05) is 25.6 Å². The smallest absolute Gasteiger partial charge is 0.465 e. The van der Waals surface area contributed by atoms with Crippen LogP contribution in [0.5, 0.6) is 0 Å². The van der Waals surface area contributed by atoms with E-state index >= 15 is 0 Å². The lowest BCUT2D eigenvalue weighted by molar-refractivity contribution is 0.00578. The second-order valence-electron chi connectivity index (χ2n) is 10.7. The molecule has 2 atom stereocenters.